The summed E-state index contributed by atoms with van der Waals surface area (Å²) in [6, 6.07) is 10.1. The highest BCUT2D eigenvalue weighted by Gasteiger charge is 2.58. The van der Waals surface area contributed by atoms with Gasteiger partial charge in [-0.1, -0.05) is 64.4 Å². The molecule has 1 aromatic carbocycles. The third-order valence-corrected chi connectivity index (χ3v) is 11.1. The maximum absolute atomic E-state index is 11.9. The van der Waals surface area contributed by atoms with Gasteiger partial charge in [-0.2, -0.15) is 8.42 Å². The van der Waals surface area contributed by atoms with Crippen molar-refractivity contribution < 1.29 is 17.0 Å². The summed E-state index contributed by atoms with van der Waals surface area (Å²) in [5, 5.41) is 0.0819. The summed E-state index contributed by atoms with van der Waals surface area (Å²) in [4.78, 5) is 0. The Labute approximate surface area is 160 Å². The van der Waals surface area contributed by atoms with E-state index in [2.05, 4.69) is 52.9 Å². The van der Waals surface area contributed by atoms with Crippen LogP contribution in [0.15, 0.2) is 30.3 Å². The molecule has 1 fully saturated rings. The molecule has 4 nitrogen and oxygen atoms in total. The van der Waals surface area contributed by atoms with Gasteiger partial charge in [0.2, 0.25) is 0 Å². The van der Waals surface area contributed by atoms with E-state index in [9.17, 15) is 8.42 Å². The Kier molecular flexibility index (Phi) is 6.13. The molecule has 2 rings (SSSR count). The molecule has 26 heavy (non-hydrogen) atoms. The zero-order valence-electron chi connectivity index (χ0n) is 17.2. The molecule has 1 aromatic rings. The van der Waals surface area contributed by atoms with Crippen LogP contribution < -0.4 is 0 Å². The van der Waals surface area contributed by atoms with Gasteiger partial charge in [-0.15, -0.1) is 0 Å². The van der Waals surface area contributed by atoms with Crippen molar-refractivity contribution >= 4 is 18.4 Å². The fourth-order valence-corrected chi connectivity index (χ4v) is 5.46. The summed E-state index contributed by atoms with van der Waals surface area (Å²) in [6.07, 6.45) is 3.26. The van der Waals surface area contributed by atoms with E-state index < -0.39 is 24.0 Å². The molecule has 3 atom stereocenters. The topological polar surface area (TPSA) is 52.6 Å². The molecule has 0 aliphatic heterocycles. The molecule has 1 saturated carbocycles. The zero-order chi connectivity index (χ0) is 19.8. The van der Waals surface area contributed by atoms with Crippen molar-refractivity contribution in [1.29, 1.82) is 0 Å². The van der Waals surface area contributed by atoms with Crippen LogP contribution in [0.3, 0.4) is 0 Å². The van der Waals surface area contributed by atoms with Gasteiger partial charge in [0.05, 0.1) is 18.0 Å². The van der Waals surface area contributed by atoms with E-state index in [-0.39, 0.29) is 17.1 Å². The Balaban J connectivity index is 2.33. The Morgan fingerprint density at radius 3 is 2.23 bits per heavy atom. The van der Waals surface area contributed by atoms with E-state index in [1.54, 1.807) is 0 Å². The molecular weight excluding hydrogens is 364 g/mol. The molecule has 148 valence electrons. The fraction of sp³-hybridized carbons (Fsp3) is 0.700. The smallest absolute Gasteiger partial charge is 0.264 e. The molecule has 6 heteroatoms. The fourth-order valence-electron chi connectivity index (χ4n) is 3.30. The lowest BCUT2D eigenvalue weighted by atomic mass is 10.0. The third-order valence-electron chi connectivity index (χ3n) is 5.93. The second-order valence-electron chi connectivity index (χ2n) is 9.14. The third kappa shape index (κ3) is 5.18. The summed E-state index contributed by atoms with van der Waals surface area (Å²) in [6.45, 7) is 13.2. The first-order valence-corrected chi connectivity index (χ1v) is 14.2. The van der Waals surface area contributed by atoms with Crippen molar-refractivity contribution in [3.8, 4) is 0 Å². The average Bonchev–Trinajstić information content (AvgIpc) is 3.16. The van der Waals surface area contributed by atoms with Crippen LogP contribution >= 0.6 is 0 Å². The van der Waals surface area contributed by atoms with Crippen molar-refractivity contribution in [3.63, 3.8) is 0 Å². The molecule has 0 saturated heterocycles. The second kappa shape index (κ2) is 7.38. The van der Waals surface area contributed by atoms with Gasteiger partial charge in [0, 0.05) is 6.42 Å². The summed E-state index contributed by atoms with van der Waals surface area (Å²) in [5.74, 6) is 0.270. The number of hydrogen-bond donors (Lipinski definition) is 0. The largest absolute Gasteiger partial charge is 0.410 e. The number of hydrogen-bond acceptors (Lipinski definition) is 4. The average molecular weight is 399 g/mol. The summed E-state index contributed by atoms with van der Waals surface area (Å²) in [7, 11) is -5.53. The summed E-state index contributed by atoms with van der Waals surface area (Å²) in [5.41, 5.74) is 0.473. The normalized spacial score (nSPS) is 25.1. The van der Waals surface area contributed by atoms with Crippen molar-refractivity contribution in [1.82, 2.24) is 0 Å². The molecule has 0 amide bonds. The monoisotopic (exact) mass is 398 g/mol. The van der Waals surface area contributed by atoms with Crippen LogP contribution in [0.1, 0.15) is 58.6 Å². The van der Waals surface area contributed by atoms with E-state index >= 15 is 0 Å². The van der Waals surface area contributed by atoms with Crippen LogP contribution in [0, 0.1) is 5.92 Å². The van der Waals surface area contributed by atoms with E-state index in [0.29, 0.717) is 6.42 Å². The molecule has 1 unspecified atom stereocenters. The maximum atomic E-state index is 11.9. The van der Waals surface area contributed by atoms with Gasteiger partial charge < -0.3 is 4.43 Å². The minimum absolute atomic E-state index is 0.0819. The first-order chi connectivity index (χ1) is 11.8. The molecule has 0 N–H and O–H groups in total. The predicted octanol–water partition coefficient (Wildman–Crippen LogP) is 5.28. The highest BCUT2D eigenvalue weighted by molar-refractivity contribution is 7.86. The molecule has 1 aliphatic rings. The first-order valence-electron chi connectivity index (χ1n) is 9.43. The maximum Gasteiger partial charge on any atom is 0.264 e. The lowest BCUT2D eigenvalue weighted by molar-refractivity contribution is 0.0802. The van der Waals surface area contributed by atoms with Gasteiger partial charge >= 0.3 is 0 Å². The number of rotatable bonds is 8. The molecule has 1 aliphatic carbocycles. The Morgan fingerprint density at radius 1 is 1.23 bits per heavy atom. The van der Waals surface area contributed by atoms with Crippen LogP contribution in [-0.4, -0.2) is 28.6 Å². The molecule has 0 spiro atoms. The van der Waals surface area contributed by atoms with E-state index in [1.807, 2.05) is 18.2 Å². The highest BCUT2D eigenvalue weighted by Crippen LogP contribution is 2.56. The first kappa shape index (κ1) is 21.6. The zero-order valence-corrected chi connectivity index (χ0v) is 19.0. The Morgan fingerprint density at radius 2 is 1.81 bits per heavy atom. The Hall–Kier alpha value is -0.693. The quantitative estimate of drug-likeness (QED) is 0.441. The van der Waals surface area contributed by atoms with Gasteiger partial charge in [0.1, 0.15) is 0 Å². The van der Waals surface area contributed by atoms with Crippen LogP contribution in [0.2, 0.25) is 18.1 Å². The van der Waals surface area contributed by atoms with Crippen molar-refractivity contribution in [2.45, 2.75) is 76.8 Å². The lowest BCUT2D eigenvalue weighted by Gasteiger charge is -2.40. The summed E-state index contributed by atoms with van der Waals surface area (Å²) < 4.78 is 36.0. The van der Waals surface area contributed by atoms with Crippen molar-refractivity contribution in [3.05, 3.63) is 35.9 Å². The van der Waals surface area contributed by atoms with Crippen LogP contribution in [-0.2, 0) is 18.7 Å². The standard InChI is InChI=1S/C20H34O4SSi/c1-8-17-14-20(17,24-25(5,21)22)15-18(16-12-10-9-11-13-16)23-26(6,7)19(2,3)4/h9-13,17-18H,8,14-15H2,1-7H3/t17-,18?,20+/m1/s1. The highest BCUT2D eigenvalue weighted by atomic mass is 32.2. The molecular formula is C20H34O4SSi. The van der Waals surface area contributed by atoms with Crippen LogP contribution in [0.4, 0.5) is 0 Å². The minimum atomic E-state index is -3.51. The van der Waals surface area contributed by atoms with Gasteiger partial charge in [-0.3, -0.25) is 4.18 Å². The van der Waals surface area contributed by atoms with Crippen LogP contribution in [0.25, 0.3) is 0 Å². The molecule has 0 radical (unpaired) electrons. The predicted molar refractivity (Wildman–Crippen MR) is 109 cm³/mol. The van der Waals surface area contributed by atoms with E-state index in [4.69, 9.17) is 8.61 Å². The van der Waals surface area contributed by atoms with Gasteiger partial charge in [0.15, 0.2) is 8.32 Å². The molecule has 0 heterocycles. The van der Waals surface area contributed by atoms with Crippen molar-refractivity contribution in [2.75, 3.05) is 6.26 Å². The molecule has 0 bridgehead atoms. The van der Waals surface area contributed by atoms with Crippen molar-refractivity contribution in [2.24, 2.45) is 5.92 Å². The van der Waals surface area contributed by atoms with E-state index in [0.717, 1.165) is 24.7 Å². The van der Waals surface area contributed by atoms with Crippen LogP contribution in [0.5, 0.6) is 0 Å². The molecule has 0 aromatic heterocycles. The SMILES string of the molecule is CC[C@@H]1C[C@@]1(CC(O[Si](C)(C)C(C)(C)C)c1ccccc1)OS(C)(=O)=O. The minimum Gasteiger partial charge on any atom is -0.410 e. The Bertz CT molecular complexity index is 709. The van der Waals surface area contributed by atoms with Gasteiger partial charge in [-0.05, 0) is 36.0 Å². The van der Waals surface area contributed by atoms with Gasteiger partial charge in [0.25, 0.3) is 10.1 Å². The second-order valence-corrected chi connectivity index (χ2v) is 15.5. The lowest BCUT2D eigenvalue weighted by Crippen LogP contribution is -2.42. The van der Waals surface area contributed by atoms with Gasteiger partial charge in [-0.25, -0.2) is 0 Å². The summed E-state index contributed by atoms with van der Waals surface area (Å²) >= 11 is 0. The van der Waals surface area contributed by atoms with E-state index in [1.165, 1.54) is 0 Å². The number of benzene rings is 1.